The van der Waals surface area contributed by atoms with Crippen LogP contribution in [0.15, 0.2) is 0 Å². The molecule has 2 saturated carbocycles. The van der Waals surface area contributed by atoms with E-state index in [0.717, 1.165) is 0 Å². The van der Waals surface area contributed by atoms with E-state index >= 15 is 0 Å². The molecule has 2 bridgehead atoms. The van der Waals surface area contributed by atoms with E-state index in [1.165, 1.54) is 0 Å². The average Bonchev–Trinajstić information content (AvgIpc) is 2.34. The van der Waals surface area contributed by atoms with Gasteiger partial charge in [0.1, 0.15) is 0 Å². The van der Waals surface area contributed by atoms with E-state index in [0.29, 0.717) is 12.8 Å². The number of rotatable bonds is 1. The van der Waals surface area contributed by atoms with E-state index in [1.54, 1.807) is 0 Å². The van der Waals surface area contributed by atoms with Crippen molar-refractivity contribution in [1.82, 2.24) is 0 Å². The van der Waals surface area contributed by atoms with Gasteiger partial charge in [0.15, 0.2) is 0 Å². The first-order valence-corrected chi connectivity index (χ1v) is 5.21. The van der Waals surface area contributed by atoms with Gasteiger partial charge < -0.3 is 10.2 Å². The molecule has 0 saturated heterocycles. The van der Waals surface area contributed by atoms with Gasteiger partial charge in [0.2, 0.25) is 0 Å². The maximum Gasteiger partial charge on any atom is 0.306 e. The third-order valence-electron chi connectivity index (χ3n) is 5.06. The van der Waals surface area contributed by atoms with Crippen LogP contribution in [0.4, 0.5) is 0 Å². The molecule has 80 valence electrons. The van der Waals surface area contributed by atoms with E-state index in [4.69, 9.17) is 5.11 Å². The Kier molecular flexibility index (Phi) is 1.79. The van der Waals surface area contributed by atoms with E-state index in [-0.39, 0.29) is 28.8 Å². The predicted molar refractivity (Wildman–Crippen MR) is 51.7 cm³/mol. The van der Waals surface area contributed by atoms with Crippen LogP contribution in [-0.4, -0.2) is 22.3 Å². The number of aliphatic hydroxyl groups is 1. The minimum atomic E-state index is -0.696. The molecule has 0 aromatic heterocycles. The average molecular weight is 198 g/mol. The Morgan fingerprint density at radius 1 is 1.36 bits per heavy atom. The Hall–Kier alpha value is -0.570. The Bertz CT molecular complexity index is 284. The van der Waals surface area contributed by atoms with Gasteiger partial charge in [-0.15, -0.1) is 0 Å². The van der Waals surface area contributed by atoms with Crippen molar-refractivity contribution in [2.75, 3.05) is 0 Å². The molecular formula is C11H18O3. The van der Waals surface area contributed by atoms with Crippen LogP contribution < -0.4 is 0 Å². The first-order chi connectivity index (χ1) is 6.30. The Morgan fingerprint density at radius 2 is 1.93 bits per heavy atom. The molecule has 2 aliphatic carbocycles. The quantitative estimate of drug-likeness (QED) is 0.671. The molecule has 2 fully saturated rings. The summed E-state index contributed by atoms with van der Waals surface area (Å²) in [7, 11) is 0. The molecule has 14 heavy (non-hydrogen) atoms. The number of carboxylic acids is 1. The molecule has 2 N–H and O–H groups in total. The van der Waals surface area contributed by atoms with Gasteiger partial charge >= 0.3 is 5.97 Å². The molecule has 0 heterocycles. The van der Waals surface area contributed by atoms with Gasteiger partial charge in [0.05, 0.1) is 12.0 Å². The fourth-order valence-corrected chi connectivity index (χ4v) is 3.57. The van der Waals surface area contributed by atoms with Crippen LogP contribution in [0.25, 0.3) is 0 Å². The van der Waals surface area contributed by atoms with Crippen LogP contribution in [0.1, 0.15) is 33.6 Å². The zero-order valence-corrected chi connectivity index (χ0v) is 8.95. The highest BCUT2D eigenvalue weighted by molar-refractivity contribution is 5.71. The number of hydrogen-bond donors (Lipinski definition) is 2. The van der Waals surface area contributed by atoms with Gasteiger partial charge in [-0.3, -0.25) is 4.79 Å². The maximum atomic E-state index is 11.0. The second-order valence-electron chi connectivity index (χ2n) is 5.65. The van der Waals surface area contributed by atoms with Gasteiger partial charge in [-0.2, -0.15) is 0 Å². The summed E-state index contributed by atoms with van der Waals surface area (Å²) in [6.45, 7) is 6.22. The van der Waals surface area contributed by atoms with Crippen molar-refractivity contribution < 1.29 is 15.0 Å². The summed E-state index contributed by atoms with van der Waals surface area (Å²) in [5.74, 6) is -0.808. The third kappa shape index (κ3) is 0.888. The van der Waals surface area contributed by atoms with Crippen molar-refractivity contribution >= 4 is 5.97 Å². The van der Waals surface area contributed by atoms with Gasteiger partial charge in [-0.25, -0.2) is 0 Å². The highest BCUT2D eigenvalue weighted by Gasteiger charge is 2.66. The summed E-state index contributed by atoms with van der Waals surface area (Å²) >= 11 is 0. The summed E-state index contributed by atoms with van der Waals surface area (Å²) in [5, 5.41) is 19.0. The molecule has 2 aliphatic rings. The second-order valence-corrected chi connectivity index (χ2v) is 5.65. The fraction of sp³-hybridized carbons (Fsp3) is 0.909. The maximum absolute atomic E-state index is 11.0. The van der Waals surface area contributed by atoms with Crippen LogP contribution in [0.5, 0.6) is 0 Å². The molecule has 3 nitrogen and oxygen atoms in total. The lowest BCUT2D eigenvalue weighted by atomic mass is 9.70. The zero-order valence-electron chi connectivity index (χ0n) is 8.95. The molecule has 0 amide bonds. The van der Waals surface area contributed by atoms with Crippen LogP contribution in [0.3, 0.4) is 0 Å². The monoisotopic (exact) mass is 198 g/mol. The Balaban J connectivity index is 2.38. The molecule has 4 unspecified atom stereocenters. The fourth-order valence-electron chi connectivity index (χ4n) is 3.57. The van der Waals surface area contributed by atoms with Crippen molar-refractivity contribution in [1.29, 1.82) is 0 Å². The molecule has 0 aliphatic heterocycles. The van der Waals surface area contributed by atoms with E-state index in [1.807, 2.05) is 6.92 Å². The molecule has 0 aromatic rings. The number of aliphatic carboxylic acids is 1. The van der Waals surface area contributed by atoms with Gasteiger partial charge in [0, 0.05) is 0 Å². The molecule has 2 rings (SSSR count). The lowest BCUT2D eigenvalue weighted by Crippen LogP contribution is -2.36. The summed E-state index contributed by atoms with van der Waals surface area (Å²) in [6, 6.07) is 0. The molecule has 0 spiro atoms. The van der Waals surface area contributed by atoms with Crippen molar-refractivity contribution in [2.24, 2.45) is 22.7 Å². The summed E-state index contributed by atoms with van der Waals surface area (Å²) < 4.78 is 0. The zero-order chi connectivity index (χ0) is 10.7. The molecular weight excluding hydrogens is 180 g/mol. The van der Waals surface area contributed by atoms with Crippen molar-refractivity contribution in [3.05, 3.63) is 0 Å². The SMILES string of the molecule is CC1(C)C2CC(O)C1(C)CC2C(=O)O. The van der Waals surface area contributed by atoms with E-state index < -0.39 is 5.97 Å². The highest BCUT2D eigenvalue weighted by Crippen LogP contribution is 2.67. The molecule has 3 heteroatoms. The number of carboxylic acid groups (broad SMARTS) is 1. The molecule has 4 atom stereocenters. The smallest absolute Gasteiger partial charge is 0.306 e. The minimum Gasteiger partial charge on any atom is -0.481 e. The van der Waals surface area contributed by atoms with Crippen LogP contribution in [0, 0.1) is 22.7 Å². The highest BCUT2D eigenvalue weighted by atomic mass is 16.4. The van der Waals surface area contributed by atoms with E-state index in [9.17, 15) is 9.90 Å². The van der Waals surface area contributed by atoms with Gasteiger partial charge in [-0.05, 0) is 29.6 Å². The van der Waals surface area contributed by atoms with E-state index in [2.05, 4.69) is 13.8 Å². The first kappa shape index (κ1) is 9.97. The second kappa shape index (κ2) is 2.51. The predicted octanol–water partition coefficient (Wildman–Crippen LogP) is 1.50. The van der Waals surface area contributed by atoms with Crippen molar-refractivity contribution in [2.45, 2.75) is 39.7 Å². The van der Waals surface area contributed by atoms with Crippen LogP contribution >= 0.6 is 0 Å². The number of fused-ring (bicyclic) bond motifs is 2. The Labute approximate surface area is 84.1 Å². The third-order valence-corrected chi connectivity index (χ3v) is 5.06. The number of aliphatic hydroxyl groups excluding tert-OH is 1. The molecule has 0 aromatic carbocycles. The number of carbonyl (C=O) groups is 1. The minimum absolute atomic E-state index is 0.0462. The van der Waals surface area contributed by atoms with Crippen LogP contribution in [-0.2, 0) is 4.79 Å². The summed E-state index contributed by atoms with van der Waals surface area (Å²) in [4.78, 5) is 11.0. The molecule has 0 radical (unpaired) electrons. The first-order valence-electron chi connectivity index (χ1n) is 5.21. The van der Waals surface area contributed by atoms with Crippen LogP contribution in [0.2, 0.25) is 0 Å². The Morgan fingerprint density at radius 3 is 2.21 bits per heavy atom. The summed E-state index contributed by atoms with van der Waals surface area (Å²) in [5.41, 5.74) is -0.254. The van der Waals surface area contributed by atoms with Crippen molar-refractivity contribution in [3.63, 3.8) is 0 Å². The lowest BCUT2D eigenvalue weighted by Gasteiger charge is -2.36. The number of hydrogen-bond acceptors (Lipinski definition) is 2. The largest absolute Gasteiger partial charge is 0.481 e. The normalized spacial score (nSPS) is 49.6. The van der Waals surface area contributed by atoms with Gasteiger partial charge in [0.25, 0.3) is 0 Å². The topological polar surface area (TPSA) is 57.5 Å². The summed E-state index contributed by atoms with van der Waals surface area (Å²) in [6.07, 6.45) is 0.958. The lowest BCUT2D eigenvalue weighted by molar-refractivity contribution is -0.144. The van der Waals surface area contributed by atoms with Gasteiger partial charge in [-0.1, -0.05) is 20.8 Å². The van der Waals surface area contributed by atoms with Crippen molar-refractivity contribution in [3.8, 4) is 0 Å². The standard InChI is InChI=1S/C11H18O3/c1-10(2)7-4-8(12)11(10,3)5-6(7)9(13)14/h6-8,12H,4-5H2,1-3H3,(H,13,14).